The molecule has 0 saturated heterocycles. The van der Waals surface area contributed by atoms with E-state index in [2.05, 4.69) is 56.5 Å². The van der Waals surface area contributed by atoms with Crippen LogP contribution in [0.4, 0.5) is 0 Å². The molecule has 0 spiro atoms. The number of hydrogen-bond donors (Lipinski definition) is 1. The number of rotatable bonds is 13. The van der Waals surface area contributed by atoms with E-state index in [4.69, 9.17) is 0 Å². The zero-order valence-electron chi connectivity index (χ0n) is 17.8. The van der Waals surface area contributed by atoms with Crippen LogP contribution in [0.3, 0.4) is 0 Å². The Labute approximate surface area is 167 Å². The van der Waals surface area contributed by atoms with Crippen molar-refractivity contribution in [1.82, 2.24) is 10.2 Å². The second-order valence-electron chi connectivity index (χ2n) is 7.71. The molecule has 1 aliphatic carbocycles. The van der Waals surface area contributed by atoms with Crippen molar-refractivity contribution in [2.75, 3.05) is 0 Å². The van der Waals surface area contributed by atoms with E-state index in [1.165, 1.54) is 69.8 Å². The van der Waals surface area contributed by atoms with E-state index >= 15 is 0 Å². The number of nitrogens with zero attached hydrogens (tertiary/aromatic N) is 1. The molecule has 1 fully saturated rings. The van der Waals surface area contributed by atoms with Crippen molar-refractivity contribution in [1.29, 1.82) is 0 Å². The topological polar surface area (TPSA) is 15.3 Å². The number of thioether (sulfide) groups is 1. The molecular formula is C23H42N2S. The number of hydrogen-bond acceptors (Lipinski definition) is 3. The highest BCUT2D eigenvalue weighted by molar-refractivity contribution is 8.05. The molecule has 3 heteroatoms. The predicted molar refractivity (Wildman–Crippen MR) is 120 cm³/mol. The molecule has 1 N–H and O–H groups in total. The standard InChI is InChI=1S/C23H42N2S/c1-7-10-15-22(14-8-2)25(23-16-12-11-13-17-23)20(5)24-21(6)26-18-19(4)9-3/h18,22-24H,5-17H2,1-4H3/b19-18+. The Morgan fingerprint density at radius 2 is 1.81 bits per heavy atom. The Morgan fingerprint density at radius 1 is 1.12 bits per heavy atom. The Morgan fingerprint density at radius 3 is 2.38 bits per heavy atom. The lowest BCUT2D eigenvalue weighted by Crippen LogP contribution is -2.46. The summed E-state index contributed by atoms with van der Waals surface area (Å²) in [4.78, 5) is 2.64. The lowest BCUT2D eigenvalue weighted by molar-refractivity contribution is 0.124. The summed E-state index contributed by atoms with van der Waals surface area (Å²) in [5.74, 6) is 1.06. The summed E-state index contributed by atoms with van der Waals surface area (Å²) in [6, 6.07) is 1.25. The van der Waals surface area contributed by atoms with E-state index in [1.54, 1.807) is 11.8 Å². The first kappa shape index (κ1) is 23.2. The van der Waals surface area contributed by atoms with Gasteiger partial charge in [-0.05, 0) is 44.4 Å². The molecule has 26 heavy (non-hydrogen) atoms. The molecule has 0 aromatic carbocycles. The predicted octanol–water partition coefficient (Wildman–Crippen LogP) is 7.56. The first-order valence-corrected chi connectivity index (χ1v) is 11.7. The van der Waals surface area contributed by atoms with E-state index in [-0.39, 0.29) is 0 Å². The maximum absolute atomic E-state index is 4.45. The zero-order valence-corrected chi connectivity index (χ0v) is 18.6. The van der Waals surface area contributed by atoms with Gasteiger partial charge in [-0.15, -0.1) is 0 Å². The highest BCUT2D eigenvalue weighted by Crippen LogP contribution is 2.30. The molecule has 0 aromatic heterocycles. The normalized spacial score (nSPS) is 17.0. The Kier molecular flexibility index (Phi) is 11.9. The van der Waals surface area contributed by atoms with Gasteiger partial charge in [-0.25, -0.2) is 0 Å². The third-order valence-corrected chi connectivity index (χ3v) is 6.34. The third-order valence-electron chi connectivity index (χ3n) is 5.43. The lowest BCUT2D eigenvalue weighted by Gasteiger charge is -2.43. The van der Waals surface area contributed by atoms with Gasteiger partial charge >= 0.3 is 0 Å². The van der Waals surface area contributed by atoms with Crippen molar-refractivity contribution in [2.24, 2.45) is 0 Å². The Bertz CT molecular complexity index is 449. The van der Waals surface area contributed by atoms with Gasteiger partial charge in [-0.2, -0.15) is 0 Å². The van der Waals surface area contributed by atoms with E-state index in [0.717, 1.165) is 17.3 Å². The second-order valence-corrected chi connectivity index (χ2v) is 8.68. The summed E-state index contributed by atoms with van der Waals surface area (Å²) in [6.07, 6.45) is 14.1. The minimum absolute atomic E-state index is 0.605. The number of unbranched alkanes of at least 4 members (excludes halogenated alkanes) is 1. The van der Waals surface area contributed by atoms with Gasteiger partial charge < -0.3 is 10.2 Å². The average molecular weight is 379 g/mol. The van der Waals surface area contributed by atoms with Gasteiger partial charge in [0.25, 0.3) is 0 Å². The smallest absolute Gasteiger partial charge is 0.0992 e. The molecule has 1 atom stereocenters. The fourth-order valence-electron chi connectivity index (χ4n) is 3.80. The molecule has 0 aromatic rings. The summed E-state index contributed by atoms with van der Waals surface area (Å²) < 4.78 is 0. The van der Waals surface area contributed by atoms with E-state index < -0.39 is 0 Å². The summed E-state index contributed by atoms with van der Waals surface area (Å²) >= 11 is 1.69. The van der Waals surface area contributed by atoms with Gasteiger partial charge in [0.1, 0.15) is 0 Å². The maximum atomic E-state index is 4.45. The Balaban J connectivity index is 2.83. The molecule has 1 rings (SSSR count). The molecule has 150 valence electrons. The highest BCUT2D eigenvalue weighted by Gasteiger charge is 2.28. The summed E-state index contributed by atoms with van der Waals surface area (Å²) in [6.45, 7) is 17.6. The molecule has 0 radical (unpaired) electrons. The van der Waals surface area contributed by atoms with Crippen LogP contribution in [-0.4, -0.2) is 17.0 Å². The summed E-state index contributed by atoms with van der Waals surface area (Å²) in [7, 11) is 0. The second kappa shape index (κ2) is 13.4. The third kappa shape index (κ3) is 8.24. The first-order valence-electron chi connectivity index (χ1n) is 10.8. The van der Waals surface area contributed by atoms with Crippen LogP contribution in [0, 0.1) is 0 Å². The van der Waals surface area contributed by atoms with Crippen LogP contribution < -0.4 is 5.32 Å². The number of allylic oxidation sites excluding steroid dienone is 1. The van der Waals surface area contributed by atoms with Gasteiger partial charge in [0.2, 0.25) is 0 Å². The molecule has 0 aliphatic heterocycles. The average Bonchev–Trinajstić information content (AvgIpc) is 2.65. The molecule has 1 unspecified atom stereocenters. The highest BCUT2D eigenvalue weighted by atomic mass is 32.2. The quantitative estimate of drug-likeness (QED) is 0.356. The fraction of sp³-hybridized carbons (Fsp3) is 0.739. The molecular weight excluding hydrogens is 336 g/mol. The molecule has 1 aliphatic rings. The van der Waals surface area contributed by atoms with Crippen molar-refractivity contribution < 1.29 is 0 Å². The van der Waals surface area contributed by atoms with Crippen LogP contribution in [0.15, 0.2) is 35.0 Å². The van der Waals surface area contributed by atoms with Crippen LogP contribution in [0.1, 0.15) is 98.3 Å². The Hall–Kier alpha value is -0.830. The maximum Gasteiger partial charge on any atom is 0.0992 e. The van der Waals surface area contributed by atoms with Gasteiger partial charge in [0.15, 0.2) is 0 Å². The van der Waals surface area contributed by atoms with Gasteiger partial charge in [-0.1, -0.05) is 89.8 Å². The summed E-state index contributed by atoms with van der Waals surface area (Å²) in [5.41, 5.74) is 1.39. The van der Waals surface area contributed by atoms with Crippen LogP contribution in [0.25, 0.3) is 0 Å². The molecule has 0 bridgehead atoms. The van der Waals surface area contributed by atoms with E-state index in [9.17, 15) is 0 Å². The van der Waals surface area contributed by atoms with Crippen LogP contribution in [0.5, 0.6) is 0 Å². The minimum Gasteiger partial charge on any atom is -0.353 e. The van der Waals surface area contributed by atoms with Crippen LogP contribution in [-0.2, 0) is 0 Å². The van der Waals surface area contributed by atoms with Crippen LogP contribution in [0.2, 0.25) is 0 Å². The minimum atomic E-state index is 0.605. The first-order chi connectivity index (χ1) is 12.5. The van der Waals surface area contributed by atoms with Gasteiger partial charge in [0.05, 0.1) is 10.9 Å². The molecule has 0 amide bonds. The molecule has 1 saturated carbocycles. The van der Waals surface area contributed by atoms with Gasteiger partial charge in [0, 0.05) is 12.1 Å². The monoisotopic (exact) mass is 378 g/mol. The number of nitrogens with one attached hydrogen (secondary N) is 1. The van der Waals surface area contributed by atoms with Crippen molar-refractivity contribution in [3.8, 4) is 0 Å². The molecule has 2 nitrogen and oxygen atoms in total. The van der Waals surface area contributed by atoms with Crippen molar-refractivity contribution in [3.63, 3.8) is 0 Å². The van der Waals surface area contributed by atoms with Gasteiger partial charge in [-0.3, -0.25) is 0 Å². The largest absolute Gasteiger partial charge is 0.353 e. The van der Waals surface area contributed by atoms with Crippen LogP contribution >= 0.6 is 11.8 Å². The van der Waals surface area contributed by atoms with Crippen molar-refractivity contribution in [2.45, 2.75) is 110 Å². The van der Waals surface area contributed by atoms with E-state index in [0.29, 0.717) is 12.1 Å². The fourth-order valence-corrected chi connectivity index (χ4v) is 4.49. The summed E-state index contributed by atoms with van der Waals surface area (Å²) in [5, 5.41) is 6.71. The van der Waals surface area contributed by atoms with Crippen molar-refractivity contribution in [3.05, 3.63) is 35.0 Å². The zero-order chi connectivity index (χ0) is 19.4. The van der Waals surface area contributed by atoms with Crippen molar-refractivity contribution >= 4 is 11.8 Å². The SMILES string of the molecule is C=C(NC(=C)N(C(CCC)CCCC)C1CCCCC1)S/C=C(\C)CC. The van der Waals surface area contributed by atoms with E-state index in [1.807, 2.05) is 0 Å². The molecule has 0 heterocycles. The lowest BCUT2D eigenvalue weighted by atomic mass is 9.91.